The van der Waals surface area contributed by atoms with Gasteiger partial charge in [-0.1, -0.05) is 13.0 Å². The normalized spacial score (nSPS) is 10.8. The third-order valence-corrected chi connectivity index (χ3v) is 3.72. The number of aryl methyl sites for hydroxylation is 1. The van der Waals surface area contributed by atoms with Gasteiger partial charge in [-0.3, -0.25) is 10.1 Å². The Kier molecular flexibility index (Phi) is 4.09. The van der Waals surface area contributed by atoms with Gasteiger partial charge in [0.05, 0.1) is 10.6 Å². The average Bonchev–Trinajstić information content (AvgIpc) is 2.72. The molecule has 1 aromatic heterocycles. The number of benzene rings is 1. The van der Waals surface area contributed by atoms with Crippen LogP contribution in [0.25, 0.3) is 5.69 Å². The van der Waals surface area contributed by atoms with Gasteiger partial charge in [0.15, 0.2) is 0 Å². The maximum absolute atomic E-state index is 11.3. The van der Waals surface area contributed by atoms with Crippen LogP contribution in [0.4, 0.5) is 5.69 Å². The van der Waals surface area contributed by atoms with E-state index in [9.17, 15) is 10.1 Å². The molecule has 0 unspecified atom stereocenters. The van der Waals surface area contributed by atoms with Crippen molar-refractivity contribution < 1.29 is 4.92 Å². The van der Waals surface area contributed by atoms with E-state index >= 15 is 0 Å². The van der Waals surface area contributed by atoms with Crippen LogP contribution < -0.4 is 0 Å². The van der Waals surface area contributed by atoms with Gasteiger partial charge >= 0.3 is 0 Å². The number of halogens is 1. The number of nitro benzene ring substituents is 1. The molecule has 1 aromatic carbocycles. The largest absolute Gasteiger partial charge is 0.295 e. The lowest BCUT2D eigenvalue weighted by Crippen LogP contribution is -2.04. The molecule has 106 valence electrons. The van der Waals surface area contributed by atoms with E-state index in [0.29, 0.717) is 5.69 Å². The SMILES string of the molecule is CCc1c(C)nn(-c2ccc(CCl)cc2[N+](=O)[O-])c1C. The van der Waals surface area contributed by atoms with Crippen molar-refractivity contribution in [2.75, 3.05) is 0 Å². The van der Waals surface area contributed by atoms with Gasteiger partial charge < -0.3 is 0 Å². The summed E-state index contributed by atoms with van der Waals surface area (Å²) >= 11 is 5.74. The molecule has 5 nitrogen and oxygen atoms in total. The highest BCUT2D eigenvalue weighted by atomic mass is 35.5. The zero-order valence-electron chi connectivity index (χ0n) is 11.7. The minimum atomic E-state index is -0.395. The van der Waals surface area contributed by atoms with Gasteiger partial charge in [0.1, 0.15) is 5.69 Å². The number of rotatable bonds is 4. The highest BCUT2D eigenvalue weighted by Crippen LogP contribution is 2.27. The third-order valence-electron chi connectivity index (χ3n) is 3.41. The molecule has 0 fully saturated rings. The fourth-order valence-corrected chi connectivity index (χ4v) is 2.56. The zero-order valence-corrected chi connectivity index (χ0v) is 12.4. The molecule has 0 spiro atoms. The van der Waals surface area contributed by atoms with Crippen molar-refractivity contribution in [1.82, 2.24) is 9.78 Å². The van der Waals surface area contributed by atoms with Crippen molar-refractivity contribution in [3.8, 4) is 5.69 Å². The molecule has 6 heteroatoms. The first-order valence-electron chi connectivity index (χ1n) is 6.38. The van der Waals surface area contributed by atoms with Crippen molar-refractivity contribution in [2.24, 2.45) is 0 Å². The van der Waals surface area contributed by atoms with Crippen LogP contribution in [0.3, 0.4) is 0 Å². The summed E-state index contributed by atoms with van der Waals surface area (Å²) in [7, 11) is 0. The first-order chi connectivity index (χ1) is 9.49. The van der Waals surface area contributed by atoms with E-state index in [-0.39, 0.29) is 11.6 Å². The van der Waals surface area contributed by atoms with Gasteiger partial charge in [0.2, 0.25) is 0 Å². The lowest BCUT2D eigenvalue weighted by molar-refractivity contribution is -0.384. The van der Waals surface area contributed by atoms with Crippen LogP contribution in [0, 0.1) is 24.0 Å². The van der Waals surface area contributed by atoms with E-state index in [1.807, 2.05) is 20.8 Å². The standard InChI is InChI=1S/C14H16ClN3O2/c1-4-12-9(2)16-17(10(12)3)13-6-5-11(8-15)7-14(13)18(19)20/h5-7H,4,8H2,1-3H3. The van der Waals surface area contributed by atoms with Crippen LogP contribution in [0.1, 0.15) is 29.4 Å². The monoisotopic (exact) mass is 293 g/mol. The van der Waals surface area contributed by atoms with Crippen LogP contribution in [0.2, 0.25) is 0 Å². The van der Waals surface area contributed by atoms with E-state index in [0.717, 1.165) is 28.9 Å². The molecular formula is C14H16ClN3O2. The van der Waals surface area contributed by atoms with Gasteiger partial charge in [-0.15, -0.1) is 11.6 Å². The topological polar surface area (TPSA) is 61.0 Å². The lowest BCUT2D eigenvalue weighted by atomic mass is 10.1. The van der Waals surface area contributed by atoms with Crippen LogP contribution in [-0.4, -0.2) is 14.7 Å². The Morgan fingerprint density at radius 1 is 1.40 bits per heavy atom. The van der Waals surface area contributed by atoms with E-state index < -0.39 is 4.92 Å². The Morgan fingerprint density at radius 3 is 2.60 bits per heavy atom. The molecule has 2 rings (SSSR count). The highest BCUT2D eigenvalue weighted by molar-refractivity contribution is 6.17. The quantitative estimate of drug-likeness (QED) is 0.490. The van der Waals surface area contributed by atoms with Crippen molar-refractivity contribution >= 4 is 17.3 Å². The van der Waals surface area contributed by atoms with E-state index in [2.05, 4.69) is 5.10 Å². The van der Waals surface area contributed by atoms with Crippen molar-refractivity contribution in [2.45, 2.75) is 33.1 Å². The first-order valence-corrected chi connectivity index (χ1v) is 6.91. The van der Waals surface area contributed by atoms with Crippen LogP contribution >= 0.6 is 11.6 Å². The molecule has 0 aliphatic rings. The average molecular weight is 294 g/mol. The Bertz CT molecular complexity index is 665. The molecule has 0 radical (unpaired) electrons. The number of alkyl halides is 1. The van der Waals surface area contributed by atoms with Gasteiger partial charge in [-0.2, -0.15) is 5.10 Å². The van der Waals surface area contributed by atoms with Gasteiger partial charge in [0, 0.05) is 17.6 Å². The molecule has 0 N–H and O–H groups in total. The Balaban J connectivity index is 2.66. The van der Waals surface area contributed by atoms with Crippen molar-refractivity contribution in [1.29, 1.82) is 0 Å². The van der Waals surface area contributed by atoms with Gasteiger partial charge in [-0.25, -0.2) is 4.68 Å². The molecule has 2 aromatic rings. The predicted octanol–water partition coefficient (Wildman–Crippen LogP) is 3.70. The number of hydrogen-bond donors (Lipinski definition) is 0. The van der Waals surface area contributed by atoms with E-state index in [4.69, 9.17) is 11.6 Å². The fourth-order valence-electron chi connectivity index (χ4n) is 2.40. The Hall–Kier alpha value is -1.88. The van der Waals surface area contributed by atoms with E-state index in [1.165, 1.54) is 6.07 Å². The van der Waals surface area contributed by atoms with Crippen molar-refractivity contribution in [3.63, 3.8) is 0 Å². The summed E-state index contributed by atoms with van der Waals surface area (Å²) in [5.41, 5.74) is 4.19. The molecular weight excluding hydrogens is 278 g/mol. The molecule has 1 heterocycles. The third kappa shape index (κ3) is 2.41. The Labute approximate surface area is 122 Å². The summed E-state index contributed by atoms with van der Waals surface area (Å²) in [4.78, 5) is 10.9. The van der Waals surface area contributed by atoms with Crippen LogP contribution in [-0.2, 0) is 12.3 Å². The molecule has 0 atom stereocenters. The summed E-state index contributed by atoms with van der Waals surface area (Å²) < 4.78 is 1.64. The smallest absolute Gasteiger partial charge is 0.258 e. The first kappa shape index (κ1) is 14.5. The summed E-state index contributed by atoms with van der Waals surface area (Å²) in [5, 5.41) is 15.7. The lowest BCUT2D eigenvalue weighted by Gasteiger charge is -2.07. The maximum Gasteiger partial charge on any atom is 0.295 e. The van der Waals surface area contributed by atoms with E-state index in [1.54, 1.807) is 16.8 Å². The second-order valence-electron chi connectivity index (χ2n) is 4.63. The molecule has 0 saturated heterocycles. The summed E-state index contributed by atoms with van der Waals surface area (Å²) in [6.45, 7) is 5.89. The molecule has 0 aliphatic heterocycles. The molecule has 20 heavy (non-hydrogen) atoms. The zero-order chi connectivity index (χ0) is 14.9. The molecule has 0 saturated carbocycles. The van der Waals surface area contributed by atoms with Gasteiger partial charge in [-0.05, 0) is 37.5 Å². The number of aromatic nitrogens is 2. The molecule has 0 bridgehead atoms. The summed E-state index contributed by atoms with van der Waals surface area (Å²) in [5.74, 6) is 0.248. The number of hydrogen-bond acceptors (Lipinski definition) is 3. The Morgan fingerprint density at radius 2 is 2.10 bits per heavy atom. The second-order valence-corrected chi connectivity index (χ2v) is 4.90. The van der Waals surface area contributed by atoms with Crippen molar-refractivity contribution in [3.05, 3.63) is 50.8 Å². The fraction of sp³-hybridized carbons (Fsp3) is 0.357. The maximum atomic E-state index is 11.3. The molecule has 0 aliphatic carbocycles. The predicted molar refractivity (Wildman–Crippen MR) is 78.6 cm³/mol. The number of nitrogens with zero attached hydrogens (tertiary/aromatic N) is 3. The number of nitro groups is 1. The minimum Gasteiger partial charge on any atom is -0.258 e. The summed E-state index contributed by atoms with van der Waals surface area (Å²) in [6, 6.07) is 5.00. The second kappa shape index (κ2) is 5.63. The highest BCUT2D eigenvalue weighted by Gasteiger charge is 2.20. The minimum absolute atomic E-state index is 0.0244. The van der Waals surface area contributed by atoms with Crippen LogP contribution in [0.5, 0.6) is 0 Å². The molecule has 0 amide bonds. The summed E-state index contributed by atoms with van der Waals surface area (Å²) in [6.07, 6.45) is 0.852. The van der Waals surface area contributed by atoms with Gasteiger partial charge in [0.25, 0.3) is 5.69 Å². The van der Waals surface area contributed by atoms with Crippen LogP contribution in [0.15, 0.2) is 18.2 Å².